The van der Waals surface area contributed by atoms with E-state index in [4.69, 9.17) is 26.8 Å². The highest BCUT2D eigenvalue weighted by atomic mass is 35.5. The predicted octanol–water partition coefficient (Wildman–Crippen LogP) is 4.28. The number of para-hydroxylation sites is 1. The molecule has 0 unspecified atom stereocenters. The lowest BCUT2D eigenvalue weighted by atomic mass is 10.1. The Labute approximate surface area is 163 Å². The van der Waals surface area contributed by atoms with Gasteiger partial charge in [-0.1, -0.05) is 35.9 Å². The minimum atomic E-state index is -0.459. The topological polar surface area (TPSA) is 66.5 Å². The molecular formula is C21H21ClN2O3. The summed E-state index contributed by atoms with van der Waals surface area (Å²) in [4.78, 5) is 11.9. The number of halogens is 1. The van der Waals surface area contributed by atoms with Crippen molar-refractivity contribution in [3.63, 3.8) is 0 Å². The Kier molecular flexibility index (Phi) is 5.42. The molecule has 1 heterocycles. The predicted molar refractivity (Wildman–Crippen MR) is 107 cm³/mol. The maximum atomic E-state index is 11.9. The summed E-state index contributed by atoms with van der Waals surface area (Å²) in [6.45, 7) is 2.38. The van der Waals surface area contributed by atoms with Crippen LogP contribution in [0.25, 0.3) is 11.3 Å². The van der Waals surface area contributed by atoms with Crippen molar-refractivity contribution in [2.24, 2.45) is 5.73 Å². The second-order valence-electron chi connectivity index (χ2n) is 6.14. The quantitative estimate of drug-likeness (QED) is 0.689. The van der Waals surface area contributed by atoms with Crippen LogP contribution in [0.15, 0.2) is 48.5 Å². The van der Waals surface area contributed by atoms with Gasteiger partial charge in [0.2, 0.25) is 0 Å². The van der Waals surface area contributed by atoms with E-state index in [0.717, 1.165) is 22.5 Å². The second kappa shape index (κ2) is 7.76. The molecule has 140 valence electrons. The van der Waals surface area contributed by atoms with E-state index in [9.17, 15) is 4.79 Å². The van der Waals surface area contributed by atoms with Crippen molar-refractivity contribution < 1.29 is 14.3 Å². The van der Waals surface area contributed by atoms with Crippen LogP contribution in [0.4, 0.5) is 0 Å². The molecular weight excluding hydrogens is 364 g/mol. The van der Waals surface area contributed by atoms with Crippen molar-refractivity contribution in [3.8, 4) is 22.8 Å². The number of hydrogen-bond acceptors (Lipinski definition) is 3. The van der Waals surface area contributed by atoms with E-state index in [1.54, 1.807) is 14.2 Å². The van der Waals surface area contributed by atoms with Crippen LogP contribution in [-0.4, -0.2) is 24.7 Å². The molecule has 3 aromatic rings. The minimum Gasteiger partial charge on any atom is -0.493 e. The van der Waals surface area contributed by atoms with Gasteiger partial charge in [0.1, 0.15) is 0 Å². The number of nitrogens with zero attached hydrogens (tertiary/aromatic N) is 1. The fourth-order valence-electron chi connectivity index (χ4n) is 3.21. The summed E-state index contributed by atoms with van der Waals surface area (Å²) in [5, 5.41) is 0.651. The van der Waals surface area contributed by atoms with E-state index in [1.807, 2.05) is 60.0 Å². The van der Waals surface area contributed by atoms with Gasteiger partial charge < -0.3 is 19.8 Å². The number of ether oxygens (including phenoxy) is 2. The first-order chi connectivity index (χ1) is 13.0. The molecule has 0 atom stereocenters. The van der Waals surface area contributed by atoms with Gasteiger partial charge in [0.25, 0.3) is 5.91 Å². The van der Waals surface area contributed by atoms with Crippen molar-refractivity contribution in [1.29, 1.82) is 0 Å². The standard InChI is InChI=1S/C21H21ClN2O3/c1-13-17(21(23)25)11-18(14-7-9-16(22)10-8-14)24(13)12-15-5-4-6-19(26-2)20(15)27-3/h4-11H,12H2,1-3H3,(H2,23,25). The van der Waals surface area contributed by atoms with E-state index in [0.29, 0.717) is 28.6 Å². The highest BCUT2D eigenvalue weighted by molar-refractivity contribution is 6.30. The fraction of sp³-hybridized carbons (Fsp3) is 0.190. The number of nitrogens with two attached hydrogens (primary N) is 1. The van der Waals surface area contributed by atoms with Crippen molar-refractivity contribution in [2.75, 3.05) is 14.2 Å². The third-order valence-corrected chi connectivity index (χ3v) is 4.84. The van der Waals surface area contributed by atoms with Crippen LogP contribution in [-0.2, 0) is 6.54 Å². The smallest absolute Gasteiger partial charge is 0.250 e. The molecule has 0 fully saturated rings. The summed E-state index contributed by atoms with van der Waals surface area (Å²) in [5.41, 5.74) is 9.60. The first-order valence-corrected chi connectivity index (χ1v) is 8.79. The maximum Gasteiger partial charge on any atom is 0.250 e. The summed E-state index contributed by atoms with van der Waals surface area (Å²) in [6, 6.07) is 15.0. The average molecular weight is 385 g/mol. The van der Waals surface area contributed by atoms with Crippen molar-refractivity contribution >= 4 is 17.5 Å². The molecule has 3 rings (SSSR count). The van der Waals surface area contributed by atoms with Gasteiger partial charge >= 0.3 is 0 Å². The molecule has 0 aliphatic rings. The molecule has 0 bridgehead atoms. The molecule has 6 heteroatoms. The van der Waals surface area contributed by atoms with E-state index < -0.39 is 5.91 Å². The molecule has 1 amide bonds. The van der Waals surface area contributed by atoms with Gasteiger partial charge in [0, 0.05) is 22.0 Å². The Morgan fingerprint density at radius 1 is 1.11 bits per heavy atom. The van der Waals surface area contributed by atoms with Crippen LogP contribution in [0.5, 0.6) is 11.5 Å². The van der Waals surface area contributed by atoms with E-state index in [1.165, 1.54) is 0 Å². The molecule has 0 aliphatic heterocycles. The molecule has 2 N–H and O–H groups in total. The zero-order chi connectivity index (χ0) is 19.6. The first-order valence-electron chi connectivity index (χ1n) is 8.42. The van der Waals surface area contributed by atoms with Crippen LogP contribution >= 0.6 is 11.6 Å². The Morgan fingerprint density at radius 3 is 2.41 bits per heavy atom. The molecule has 0 spiro atoms. The minimum absolute atomic E-state index is 0.459. The zero-order valence-corrected chi connectivity index (χ0v) is 16.2. The summed E-state index contributed by atoms with van der Waals surface area (Å²) in [7, 11) is 3.21. The van der Waals surface area contributed by atoms with Crippen LogP contribution < -0.4 is 15.2 Å². The highest BCUT2D eigenvalue weighted by Gasteiger charge is 2.19. The summed E-state index contributed by atoms with van der Waals surface area (Å²) in [5.74, 6) is 0.859. The Morgan fingerprint density at radius 2 is 1.81 bits per heavy atom. The lowest BCUT2D eigenvalue weighted by Crippen LogP contribution is -2.13. The van der Waals surface area contributed by atoms with Crippen molar-refractivity contribution in [2.45, 2.75) is 13.5 Å². The first kappa shape index (κ1) is 18.9. The van der Waals surface area contributed by atoms with Crippen LogP contribution in [0, 0.1) is 6.92 Å². The number of primary amides is 1. The fourth-order valence-corrected chi connectivity index (χ4v) is 3.33. The lowest BCUT2D eigenvalue weighted by Gasteiger charge is -2.16. The Bertz CT molecular complexity index is 978. The highest BCUT2D eigenvalue weighted by Crippen LogP contribution is 2.34. The Hall–Kier alpha value is -2.92. The monoisotopic (exact) mass is 384 g/mol. The van der Waals surface area contributed by atoms with Gasteiger partial charge in [-0.3, -0.25) is 4.79 Å². The summed E-state index contributed by atoms with van der Waals surface area (Å²) < 4.78 is 13.0. The van der Waals surface area contributed by atoms with Crippen LogP contribution in [0.3, 0.4) is 0 Å². The molecule has 0 radical (unpaired) electrons. The summed E-state index contributed by atoms with van der Waals surface area (Å²) in [6.07, 6.45) is 0. The number of aromatic nitrogens is 1. The van der Waals surface area contributed by atoms with Crippen LogP contribution in [0.1, 0.15) is 21.6 Å². The van der Waals surface area contributed by atoms with Gasteiger partial charge in [-0.2, -0.15) is 0 Å². The number of carbonyl (C=O) groups is 1. The molecule has 27 heavy (non-hydrogen) atoms. The number of rotatable bonds is 6. The van der Waals surface area contributed by atoms with E-state index in [-0.39, 0.29) is 0 Å². The number of hydrogen-bond donors (Lipinski definition) is 1. The second-order valence-corrected chi connectivity index (χ2v) is 6.58. The van der Waals surface area contributed by atoms with Gasteiger partial charge in [0.15, 0.2) is 11.5 Å². The van der Waals surface area contributed by atoms with Crippen molar-refractivity contribution in [1.82, 2.24) is 4.57 Å². The average Bonchev–Trinajstić information content (AvgIpc) is 2.99. The van der Waals surface area contributed by atoms with E-state index in [2.05, 4.69) is 0 Å². The van der Waals surface area contributed by atoms with Crippen molar-refractivity contribution in [3.05, 3.63) is 70.4 Å². The van der Waals surface area contributed by atoms with Gasteiger partial charge in [0.05, 0.1) is 26.3 Å². The maximum absolute atomic E-state index is 11.9. The third kappa shape index (κ3) is 3.64. The molecule has 0 saturated carbocycles. The molecule has 5 nitrogen and oxygen atoms in total. The zero-order valence-electron chi connectivity index (χ0n) is 15.5. The van der Waals surface area contributed by atoms with E-state index >= 15 is 0 Å². The van der Waals surface area contributed by atoms with Gasteiger partial charge in [-0.15, -0.1) is 0 Å². The number of methoxy groups -OCH3 is 2. The van der Waals surface area contributed by atoms with Gasteiger partial charge in [-0.05, 0) is 36.8 Å². The normalized spacial score (nSPS) is 10.7. The number of carbonyl (C=O) groups excluding carboxylic acids is 1. The third-order valence-electron chi connectivity index (χ3n) is 4.58. The molecule has 0 aliphatic carbocycles. The van der Waals surface area contributed by atoms with Gasteiger partial charge in [-0.25, -0.2) is 0 Å². The number of benzene rings is 2. The summed E-state index contributed by atoms with van der Waals surface area (Å²) >= 11 is 6.02. The SMILES string of the molecule is COc1cccc(Cn2c(-c3ccc(Cl)cc3)cc(C(N)=O)c2C)c1OC. The Balaban J connectivity index is 2.15. The largest absolute Gasteiger partial charge is 0.493 e. The molecule has 0 saturated heterocycles. The number of amides is 1. The van der Waals surface area contributed by atoms with Crippen LogP contribution in [0.2, 0.25) is 5.02 Å². The molecule has 2 aromatic carbocycles. The lowest BCUT2D eigenvalue weighted by molar-refractivity contribution is 0.0999. The molecule has 1 aromatic heterocycles.